The first kappa shape index (κ1) is 44.0. The minimum Gasteiger partial charge on any atom is -0.456 e. The van der Waals surface area contributed by atoms with Gasteiger partial charge in [-0.25, -0.2) is 0 Å². The van der Waals surface area contributed by atoms with E-state index in [2.05, 4.69) is 278 Å². The van der Waals surface area contributed by atoms with Crippen molar-refractivity contribution in [3.63, 3.8) is 0 Å². The van der Waals surface area contributed by atoms with Crippen LogP contribution in [0.2, 0.25) is 0 Å². The smallest absolute Gasteiger partial charge is 0.135 e. The largest absolute Gasteiger partial charge is 0.456 e. The molecule has 12 aromatic carbocycles. The maximum atomic E-state index is 6.17. The van der Waals surface area contributed by atoms with E-state index in [-0.39, 0.29) is 0 Å². The van der Waals surface area contributed by atoms with Crippen LogP contribution >= 0.6 is 11.3 Å². The first-order chi connectivity index (χ1) is 37.6. The number of anilines is 3. The van der Waals surface area contributed by atoms with Gasteiger partial charge in [-0.2, -0.15) is 0 Å². The van der Waals surface area contributed by atoms with Crippen molar-refractivity contribution >= 4 is 70.5 Å². The number of nitrogens with zero attached hydrogens (tertiary/aromatic N) is 1. The Hall–Kier alpha value is -9.54. The predicted octanol–water partition coefficient (Wildman–Crippen LogP) is 20.5. The van der Waals surface area contributed by atoms with Crippen molar-refractivity contribution < 1.29 is 4.42 Å². The lowest BCUT2D eigenvalue weighted by atomic mass is 9.68. The van der Waals surface area contributed by atoms with Crippen LogP contribution in [0.4, 0.5) is 17.1 Å². The molecule has 0 bridgehead atoms. The maximum Gasteiger partial charge on any atom is 0.135 e. The fourth-order valence-electron chi connectivity index (χ4n) is 12.2. The number of hydrogen-bond donors (Lipinski definition) is 0. The Labute approximate surface area is 445 Å². The van der Waals surface area contributed by atoms with E-state index in [1.54, 1.807) is 0 Å². The maximum absolute atomic E-state index is 6.17. The van der Waals surface area contributed by atoms with Crippen LogP contribution in [0.3, 0.4) is 0 Å². The summed E-state index contributed by atoms with van der Waals surface area (Å²) in [6.07, 6.45) is 0. The minimum atomic E-state index is -0.478. The van der Waals surface area contributed by atoms with Crippen LogP contribution in [0.5, 0.6) is 0 Å². The van der Waals surface area contributed by atoms with Gasteiger partial charge in [0.25, 0.3) is 0 Å². The van der Waals surface area contributed by atoms with E-state index >= 15 is 0 Å². The molecule has 15 rings (SSSR count). The summed E-state index contributed by atoms with van der Waals surface area (Å²) in [5.41, 5.74) is 21.6. The van der Waals surface area contributed by atoms with Crippen LogP contribution in [0.25, 0.3) is 97.7 Å². The molecule has 0 spiro atoms. The second kappa shape index (κ2) is 17.8. The molecule has 76 heavy (non-hydrogen) atoms. The average Bonchev–Trinajstić information content (AvgIpc) is 4.32. The summed E-state index contributed by atoms with van der Waals surface area (Å²) in [6, 6.07) is 105. The molecular formula is C73H47NOS. The quantitative estimate of drug-likeness (QED) is 0.143. The molecule has 2 aromatic heterocycles. The Kier molecular flexibility index (Phi) is 10.3. The molecule has 0 radical (unpaired) electrons. The predicted molar refractivity (Wildman–Crippen MR) is 320 cm³/mol. The molecule has 2 nitrogen and oxygen atoms in total. The molecule has 0 N–H and O–H groups in total. The third kappa shape index (κ3) is 7.16. The summed E-state index contributed by atoms with van der Waals surface area (Å²) in [5.74, 6) is 0. The van der Waals surface area contributed by atoms with Crippen molar-refractivity contribution in [1.29, 1.82) is 0 Å². The van der Waals surface area contributed by atoms with Gasteiger partial charge in [0, 0.05) is 48.0 Å². The first-order valence-electron chi connectivity index (χ1n) is 26.0. The van der Waals surface area contributed by atoms with Crippen LogP contribution < -0.4 is 4.90 Å². The SMILES string of the molecule is c1ccc(C2(c3ccccc3)c3ccccc3-c3cc(N(c4ccc(-c5ccc(-c6ccc7sc8ccccc8c7c6)cc5)cc4)c4ccc(-c5cccc(-c6ccc7oc8ccccc8c7c6)c5)cc4)ccc32)cc1. The molecule has 3 heteroatoms. The molecular weight excluding hydrogens is 939 g/mol. The Morgan fingerprint density at radius 1 is 0.276 bits per heavy atom. The van der Waals surface area contributed by atoms with Crippen molar-refractivity contribution in [1.82, 2.24) is 0 Å². The summed E-state index contributed by atoms with van der Waals surface area (Å²) in [5, 5.41) is 4.91. The number of para-hydroxylation sites is 1. The van der Waals surface area contributed by atoms with Gasteiger partial charge in [-0.05, 0) is 157 Å². The van der Waals surface area contributed by atoms with Gasteiger partial charge in [0.1, 0.15) is 11.2 Å². The first-order valence-corrected chi connectivity index (χ1v) is 26.9. The van der Waals surface area contributed by atoms with Crippen molar-refractivity contribution in [2.45, 2.75) is 5.41 Å². The molecule has 0 aliphatic heterocycles. The lowest BCUT2D eigenvalue weighted by molar-refractivity contribution is 0.669. The molecule has 14 aromatic rings. The lowest BCUT2D eigenvalue weighted by Gasteiger charge is -2.34. The van der Waals surface area contributed by atoms with Crippen LogP contribution in [-0.2, 0) is 5.41 Å². The molecule has 1 aliphatic carbocycles. The lowest BCUT2D eigenvalue weighted by Crippen LogP contribution is -2.28. The van der Waals surface area contributed by atoms with Gasteiger partial charge in [-0.15, -0.1) is 11.3 Å². The van der Waals surface area contributed by atoms with Crippen molar-refractivity contribution in [2.75, 3.05) is 4.90 Å². The zero-order valence-electron chi connectivity index (χ0n) is 41.4. The third-order valence-corrected chi connectivity index (χ3v) is 16.9. The average molecular weight is 986 g/mol. The second-order valence-corrected chi connectivity index (χ2v) is 21.0. The van der Waals surface area contributed by atoms with Crippen LogP contribution in [0, 0.1) is 0 Å². The van der Waals surface area contributed by atoms with E-state index in [0.717, 1.165) is 55.7 Å². The molecule has 0 fully saturated rings. The number of benzene rings is 12. The van der Waals surface area contributed by atoms with Gasteiger partial charge in [0.15, 0.2) is 0 Å². The zero-order chi connectivity index (χ0) is 50.2. The van der Waals surface area contributed by atoms with E-state index < -0.39 is 5.41 Å². The van der Waals surface area contributed by atoms with Crippen LogP contribution in [0.15, 0.2) is 290 Å². The van der Waals surface area contributed by atoms with E-state index in [1.165, 1.54) is 81.4 Å². The Bertz CT molecular complexity index is 4450. The number of hydrogen-bond acceptors (Lipinski definition) is 3. The van der Waals surface area contributed by atoms with Gasteiger partial charge in [0.2, 0.25) is 0 Å². The van der Waals surface area contributed by atoms with Gasteiger partial charge >= 0.3 is 0 Å². The van der Waals surface area contributed by atoms with Crippen molar-refractivity contribution in [3.05, 3.63) is 307 Å². The summed E-state index contributed by atoms with van der Waals surface area (Å²) in [7, 11) is 0. The normalized spacial score (nSPS) is 12.6. The summed E-state index contributed by atoms with van der Waals surface area (Å²) in [6.45, 7) is 0. The highest BCUT2D eigenvalue weighted by Gasteiger charge is 2.46. The molecule has 0 unspecified atom stereocenters. The zero-order valence-corrected chi connectivity index (χ0v) is 42.2. The van der Waals surface area contributed by atoms with Crippen molar-refractivity contribution in [3.8, 4) is 55.6 Å². The van der Waals surface area contributed by atoms with Crippen molar-refractivity contribution in [2.24, 2.45) is 0 Å². The monoisotopic (exact) mass is 985 g/mol. The molecule has 0 saturated carbocycles. The number of furan rings is 1. The molecule has 2 heterocycles. The second-order valence-electron chi connectivity index (χ2n) is 20.0. The number of thiophene rings is 1. The molecule has 0 saturated heterocycles. The highest BCUT2D eigenvalue weighted by molar-refractivity contribution is 7.25. The minimum absolute atomic E-state index is 0.478. The Balaban J connectivity index is 0.815. The number of rotatable bonds is 9. The summed E-state index contributed by atoms with van der Waals surface area (Å²) in [4.78, 5) is 2.41. The van der Waals surface area contributed by atoms with E-state index in [9.17, 15) is 0 Å². The van der Waals surface area contributed by atoms with E-state index in [1.807, 2.05) is 23.5 Å². The summed E-state index contributed by atoms with van der Waals surface area (Å²) < 4.78 is 8.82. The molecule has 1 aliphatic rings. The van der Waals surface area contributed by atoms with Gasteiger partial charge in [-0.1, -0.05) is 206 Å². The third-order valence-electron chi connectivity index (χ3n) is 15.8. The fourth-order valence-corrected chi connectivity index (χ4v) is 13.3. The highest BCUT2D eigenvalue weighted by Crippen LogP contribution is 2.57. The van der Waals surface area contributed by atoms with E-state index in [0.29, 0.717) is 0 Å². The molecule has 356 valence electrons. The number of fused-ring (bicyclic) bond motifs is 9. The van der Waals surface area contributed by atoms with Gasteiger partial charge < -0.3 is 9.32 Å². The van der Waals surface area contributed by atoms with Gasteiger partial charge in [0.05, 0.1) is 5.41 Å². The van der Waals surface area contributed by atoms with Gasteiger partial charge in [-0.3, -0.25) is 0 Å². The van der Waals surface area contributed by atoms with E-state index in [4.69, 9.17) is 4.42 Å². The van der Waals surface area contributed by atoms with Crippen LogP contribution in [0.1, 0.15) is 22.3 Å². The molecule has 0 amide bonds. The van der Waals surface area contributed by atoms with Crippen LogP contribution in [-0.4, -0.2) is 0 Å². The Morgan fingerprint density at radius 3 is 1.46 bits per heavy atom. The Morgan fingerprint density at radius 2 is 0.750 bits per heavy atom. The topological polar surface area (TPSA) is 16.4 Å². The summed E-state index contributed by atoms with van der Waals surface area (Å²) >= 11 is 1.86. The molecule has 0 atom stereocenters. The highest BCUT2D eigenvalue weighted by atomic mass is 32.1. The standard InChI is InChI=1S/C73H47NOS/c1-3-16-56(17-4-1)73(57-18-5-2-6-19-57)67-23-10-7-20-61(67)64-47-60(40-41-68(64)73)74(58-36-30-49(31-37-58)48-26-28-50(29-27-48)54-35-43-72-66(46-54)63-22-9-12-25-71(63)76-72)59-38-32-51(33-39-59)52-14-13-15-53(44-52)55-34-42-70-65(45-55)62-21-8-11-24-69(62)75-70/h1-47H. The fraction of sp³-hybridized carbons (Fsp3) is 0.0137.